The van der Waals surface area contributed by atoms with Gasteiger partial charge in [-0.1, -0.05) is 105 Å². The third kappa shape index (κ3) is 13.1. The summed E-state index contributed by atoms with van der Waals surface area (Å²) in [6, 6.07) is 17.4. The lowest BCUT2D eigenvalue weighted by Gasteiger charge is -2.32. The van der Waals surface area contributed by atoms with Crippen LogP contribution in [-0.2, 0) is 35.1 Å². The van der Waals surface area contributed by atoms with Crippen LogP contribution in [0.2, 0.25) is 0 Å². The normalized spacial score (nSPS) is 15.9. The molecule has 0 aromatic heterocycles. The highest BCUT2D eigenvalue weighted by molar-refractivity contribution is 5.93. The maximum atomic E-state index is 14.2. The number of rotatable bonds is 17. The molecular formula is C42H56N6O8. The van der Waals surface area contributed by atoms with Gasteiger partial charge in [0.2, 0.25) is 23.6 Å². The summed E-state index contributed by atoms with van der Waals surface area (Å²) in [7, 11) is 0. The number of carbonyl (C=O) groups is 6. The van der Waals surface area contributed by atoms with Gasteiger partial charge < -0.3 is 42.2 Å². The summed E-state index contributed by atoms with van der Waals surface area (Å²) in [5, 5.41) is 26.4. The predicted molar refractivity (Wildman–Crippen MR) is 212 cm³/mol. The molecule has 0 aliphatic heterocycles. The van der Waals surface area contributed by atoms with E-state index in [2.05, 4.69) is 26.6 Å². The highest BCUT2D eigenvalue weighted by Crippen LogP contribution is 2.27. The van der Waals surface area contributed by atoms with E-state index in [-0.39, 0.29) is 18.8 Å². The average molecular weight is 773 g/mol. The molecule has 302 valence electrons. The summed E-state index contributed by atoms with van der Waals surface area (Å²) < 4.78 is 5.49. The van der Waals surface area contributed by atoms with Gasteiger partial charge in [-0.3, -0.25) is 24.0 Å². The number of benzene rings is 3. The maximum Gasteiger partial charge on any atom is 0.408 e. The van der Waals surface area contributed by atoms with Gasteiger partial charge in [0.05, 0.1) is 12.6 Å². The van der Waals surface area contributed by atoms with Crippen LogP contribution in [0.1, 0.15) is 89.8 Å². The van der Waals surface area contributed by atoms with Crippen molar-refractivity contribution in [1.29, 1.82) is 0 Å². The lowest BCUT2D eigenvalue weighted by molar-refractivity contribution is -0.136. The van der Waals surface area contributed by atoms with Crippen molar-refractivity contribution in [2.24, 2.45) is 11.7 Å². The van der Waals surface area contributed by atoms with E-state index >= 15 is 0 Å². The molecule has 1 saturated carbocycles. The van der Waals surface area contributed by atoms with E-state index in [4.69, 9.17) is 10.5 Å². The van der Waals surface area contributed by atoms with Crippen LogP contribution in [-0.4, -0.2) is 77.1 Å². The Hall–Kier alpha value is -5.50. The first-order valence-electron chi connectivity index (χ1n) is 19.3. The molecule has 3 unspecified atom stereocenters. The monoisotopic (exact) mass is 772 g/mol. The zero-order valence-corrected chi connectivity index (χ0v) is 32.6. The molecule has 14 heteroatoms. The molecule has 3 aromatic carbocycles. The van der Waals surface area contributed by atoms with Crippen LogP contribution >= 0.6 is 0 Å². The zero-order valence-electron chi connectivity index (χ0n) is 32.6. The number of amides is 6. The summed E-state index contributed by atoms with van der Waals surface area (Å²) in [5.41, 5.74) is 5.91. The third-order valence-electron chi connectivity index (χ3n) is 9.69. The van der Waals surface area contributed by atoms with Gasteiger partial charge in [-0.2, -0.15) is 0 Å². The number of nitrogens with one attached hydrogen (secondary N) is 5. The second-order valence-corrected chi connectivity index (χ2v) is 15.3. The molecule has 4 rings (SSSR count). The zero-order chi connectivity index (χ0) is 40.8. The molecule has 0 saturated heterocycles. The van der Waals surface area contributed by atoms with Crippen molar-refractivity contribution in [3.8, 4) is 0 Å². The minimum Gasteiger partial charge on any atom is -0.444 e. The molecule has 1 fully saturated rings. The molecule has 1 aliphatic rings. The van der Waals surface area contributed by atoms with E-state index in [0.29, 0.717) is 24.8 Å². The van der Waals surface area contributed by atoms with Crippen LogP contribution in [0.25, 0.3) is 10.8 Å². The van der Waals surface area contributed by atoms with Gasteiger partial charge in [0.1, 0.15) is 23.7 Å². The Balaban J connectivity index is 1.51. The Morgan fingerprint density at radius 3 is 2.11 bits per heavy atom. The fourth-order valence-corrected chi connectivity index (χ4v) is 6.91. The molecule has 14 nitrogen and oxygen atoms in total. The van der Waals surface area contributed by atoms with E-state index in [1.165, 1.54) is 0 Å². The van der Waals surface area contributed by atoms with Gasteiger partial charge in [-0.25, -0.2) is 4.79 Å². The highest BCUT2D eigenvalue weighted by Gasteiger charge is 2.36. The van der Waals surface area contributed by atoms with E-state index in [9.17, 15) is 33.9 Å². The quantitative estimate of drug-likeness (QED) is 0.108. The number of fused-ring (bicyclic) bond motifs is 1. The summed E-state index contributed by atoms with van der Waals surface area (Å²) in [4.78, 5) is 79.2. The number of alkyl carbamates (subject to hydrolysis) is 1. The maximum absolute atomic E-state index is 14.2. The summed E-state index contributed by atoms with van der Waals surface area (Å²) >= 11 is 0. The van der Waals surface area contributed by atoms with E-state index in [1.807, 2.05) is 49.4 Å². The Morgan fingerprint density at radius 1 is 0.804 bits per heavy atom. The smallest absolute Gasteiger partial charge is 0.408 e. The minimum atomic E-state index is -1.77. The van der Waals surface area contributed by atoms with Crippen LogP contribution in [0.3, 0.4) is 0 Å². The topological polar surface area (TPSA) is 218 Å². The van der Waals surface area contributed by atoms with Gasteiger partial charge in [0.15, 0.2) is 6.10 Å². The van der Waals surface area contributed by atoms with Crippen molar-refractivity contribution in [1.82, 2.24) is 26.6 Å². The van der Waals surface area contributed by atoms with Gasteiger partial charge in [-0.05, 0) is 67.9 Å². The van der Waals surface area contributed by atoms with Crippen molar-refractivity contribution >= 4 is 46.4 Å². The Labute approximate surface area is 328 Å². The first kappa shape index (κ1) is 43.2. The first-order valence-corrected chi connectivity index (χ1v) is 19.3. The molecule has 5 atom stereocenters. The largest absolute Gasteiger partial charge is 0.444 e. The van der Waals surface area contributed by atoms with E-state index in [1.54, 1.807) is 51.1 Å². The SMILES string of the molecule is CCCC(NC(=O)[C@H](Cc1ccc2ccccc2c1)NC(=O)C(NC(=O)OC(C)(C)C)C1CCCCC1)C(O)C(=O)NCC(=O)N[C@H](C(N)=O)c1ccccc1. The van der Waals surface area contributed by atoms with Crippen molar-refractivity contribution in [3.63, 3.8) is 0 Å². The number of aliphatic hydroxyl groups excluding tert-OH is 1. The van der Waals surface area contributed by atoms with Crippen molar-refractivity contribution < 1.29 is 38.6 Å². The number of hydrogen-bond donors (Lipinski definition) is 7. The summed E-state index contributed by atoms with van der Waals surface area (Å²) in [6.07, 6.45) is 2.44. The summed E-state index contributed by atoms with van der Waals surface area (Å²) in [6.45, 7) is 6.43. The number of ether oxygens (including phenoxy) is 1. The summed E-state index contributed by atoms with van der Waals surface area (Å²) in [5.74, 6) is -3.82. The molecule has 8 N–H and O–H groups in total. The number of aliphatic hydroxyl groups is 1. The number of nitrogens with two attached hydrogens (primary N) is 1. The second-order valence-electron chi connectivity index (χ2n) is 15.3. The van der Waals surface area contributed by atoms with Crippen LogP contribution in [0.4, 0.5) is 4.79 Å². The first-order chi connectivity index (χ1) is 26.6. The molecule has 56 heavy (non-hydrogen) atoms. The lowest BCUT2D eigenvalue weighted by atomic mass is 9.83. The molecule has 0 heterocycles. The number of hydrogen-bond acceptors (Lipinski definition) is 8. The number of carbonyl (C=O) groups excluding carboxylic acids is 6. The molecule has 6 amide bonds. The Morgan fingerprint density at radius 2 is 1.46 bits per heavy atom. The van der Waals surface area contributed by atoms with Crippen LogP contribution in [0.5, 0.6) is 0 Å². The fraction of sp³-hybridized carbons (Fsp3) is 0.476. The van der Waals surface area contributed by atoms with Crippen molar-refractivity contribution in [3.05, 3.63) is 83.9 Å². The van der Waals surface area contributed by atoms with Crippen LogP contribution in [0.15, 0.2) is 72.8 Å². The molecule has 0 bridgehead atoms. The predicted octanol–water partition coefficient (Wildman–Crippen LogP) is 3.45. The third-order valence-corrected chi connectivity index (χ3v) is 9.69. The standard InChI is InChI=1S/C42H56N6O8/c1-5-14-31(36(50)40(54)44-25-33(49)47-34(37(43)51)28-16-8-6-9-17-28)45-38(52)32(24-26-21-22-27-15-12-13-20-30(27)23-26)46-39(53)35(29-18-10-7-11-19-29)48-41(55)56-42(2,3)4/h6,8-9,12-13,15-17,20-23,29,31-32,34-36,50H,5,7,10-11,14,18-19,24-25H2,1-4H3,(H2,43,51)(H,44,54)(H,45,52)(H,46,53)(H,47,49)(H,48,55)/t31?,32-,34-,35?,36?/m0/s1. The number of primary amides is 1. The highest BCUT2D eigenvalue weighted by atomic mass is 16.6. The lowest BCUT2D eigenvalue weighted by Crippen LogP contribution is -2.59. The minimum absolute atomic E-state index is 0.0655. The molecule has 0 radical (unpaired) electrons. The Bertz CT molecular complexity index is 1820. The second kappa shape index (κ2) is 20.4. The van der Waals surface area contributed by atoms with Crippen molar-refractivity contribution in [2.75, 3.05) is 6.54 Å². The average Bonchev–Trinajstić information content (AvgIpc) is 3.17. The molecule has 1 aliphatic carbocycles. The van der Waals surface area contributed by atoms with Gasteiger partial charge >= 0.3 is 6.09 Å². The molecular weight excluding hydrogens is 716 g/mol. The van der Waals surface area contributed by atoms with Crippen LogP contribution < -0.4 is 32.3 Å². The fourth-order valence-electron chi connectivity index (χ4n) is 6.91. The Kier molecular flexibility index (Phi) is 15.8. The van der Waals surface area contributed by atoms with Gasteiger partial charge in [0.25, 0.3) is 5.91 Å². The molecule has 0 spiro atoms. The van der Waals surface area contributed by atoms with Crippen LogP contribution in [0, 0.1) is 5.92 Å². The van der Waals surface area contributed by atoms with E-state index in [0.717, 1.165) is 35.6 Å². The van der Waals surface area contributed by atoms with E-state index < -0.39 is 78.0 Å². The van der Waals surface area contributed by atoms with Crippen molar-refractivity contribution in [2.45, 2.75) is 115 Å². The molecule has 3 aromatic rings. The van der Waals surface area contributed by atoms with Gasteiger partial charge in [-0.15, -0.1) is 0 Å². The van der Waals surface area contributed by atoms with Gasteiger partial charge in [0, 0.05) is 6.42 Å².